The molecule has 0 radical (unpaired) electrons. The van der Waals surface area contributed by atoms with Crippen molar-refractivity contribution in [3.63, 3.8) is 0 Å². The Morgan fingerprint density at radius 2 is 1.95 bits per heavy atom. The molecule has 3 aliphatic rings. The lowest BCUT2D eigenvalue weighted by atomic mass is 10.0. The summed E-state index contributed by atoms with van der Waals surface area (Å²) in [6.45, 7) is 4.43. The molecular weight excluding hydrogens is 280 g/mol. The molecule has 2 atom stereocenters. The van der Waals surface area contributed by atoms with Crippen LogP contribution in [0.25, 0.3) is 0 Å². The van der Waals surface area contributed by atoms with E-state index in [0.29, 0.717) is 18.0 Å². The fourth-order valence-electron chi connectivity index (χ4n) is 4.08. The molecule has 2 aliphatic heterocycles. The Balaban J connectivity index is 1.44. The zero-order valence-corrected chi connectivity index (χ0v) is 13.2. The lowest BCUT2D eigenvalue weighted by Gasteiger charge is -2.34. The Bertz CT molecular complexity index is 554. The molecule has 1 aromatic heterocycles. The lowest BCUT2D eigenvalue weighted by Crippen LogP contribution is -2.47. The Labute approximate surface area is 130 Å². The molecule has 1 amide bonds. The monoisotopic (exact) mass is 304 g/mol. The zero-order valence-electron chi connectivity index (χ0n) is 13.2. The fraction of sp³-hybridized carbons (Fsp3) is 0.812. The molecule has 0 bridgehead atoms. The van der Waals surface area contributed by atoms with Crippen LogP contribution in [-0.2, 0) is 11.3 Å². The van der Waals surface area contributed by atoms with Crippen molar-refractivity contribution in [3.8, 4) is 0 Å². The first kappa shape index (κ1) is 14.2. The number of nitrogens with zero attached hydrogens (tertiary/aromatic N) is 4. The Morgan fingerprint density at radius 1 is 1.18 bits per heavy atom. The van der Waals surface area contributed by atoms with Crippen LogP contribution in [-0.4, -0.2) is 51.0 Å². The number of hydrogen-bond acceptors (Lipinski definition) is 5. The van der Waals surface area contributed by atoms with Gasteiger partial charge in [-0.05, 0) is 45.1 Å². The molecule has 2 saturated heterocycles. The number of aromatic nitrogens is 2. The summed E-state index contributed by atoms with van der Waals surface area (Å²) in [7, 11) is 0. The Kier molecular flexibility index (Phi) is 3.64. The van der Waals surface area contributed by atoms with Gasteiger partial charge < -0.3 is 9.42 Å². The molecule has 0 N–H and O–H groups in total. The van der Waals surface area contributed by atoms with Crippen molar-refractivity contribution >= 4 is 5.91 Å². The SMILES string of the molecule is CC(=O)N1CCC[C@H]1[C@@H]1CCCN1Cc1noc(C2CC2)n1. The third-order valence-corrected chi connectivity index (χ3v) is 5.32. The van der Waals surface area contributed by atoms with E-state index in [-0.39, 0.29) is 5.91 Å². The van der Waals surface area contributed by atoms with E-state index in [2.05, 4.69) is 19.9 Å². The van der Waals surface area contributed by atoms with E-state index < -0.39 is 0 Å². The molecule has 3 fully saturated rings. The summed E-state index contributed by atoms with van der Waals surface area (Å²) in [5, 5.41) is 4.15. The van der Waals surface area contributed by atoms with Crippen LogP contribution in [0.5, 0.6) is 0 Å². The lowest BCUT2D eigenvalue weighted by molar-refractivity contribution is -0.130. The van der Waals surface area contributed by atoms with Crippen molar-refractivity contribution in [3.05, 3.63) is 11.7 Å². The number of amides is 1. The summed E-state index contributed by atoms with van der Waals surface area (Å²) in [6.07, 6.45) is 6.98. The van der Waals surface area contributed by atoms with Crippen LogP contribution in [0.1, 0.15) is 63.1 Å². The van der Waals surface area contributed by atoms with Gasteiger partial charge in [-0.2, -0.15) is 4.98 Å². The molecule has 1 aromatic rings. The molecule has 120 valence electrons. The van der Waals surface area contributed by atoms with E-state index in [0.717, 1.165) is 44.2 Å². The topological polar surface area (TPSA) is 62.5 Å². The smallest absolute Gasteiger partial charge is 0.229 e. The van der Waals surface area contributed by atoms with Gasteiger partial charge in [0.25, 0.3) is 0 Å². The molecule has 6 heteroatoms. The second-order valence-electron chi connectivity index (χ2n) is 6.93. The van der Waals surface area contributed by atoms with Crippen molar-refractivity contribution in [1.29, 1.82) is 0 Å². The van der Waals surface area contributed by atoms with Crippen LogP contribution in [0.4, 0.5) is 0 Å². The number of hydrogen-bond donors (Lipinski definition) is 0. The molecule has 0 unspecified atom stereocenters. The number of likely N-dealkylation sites (tertiary alicyclic amines) is 2. The van der Waals surface area contributed by atoms with Gasteiger partial charge in [-0.1, -0.05) is 5.16 Å². The third kappa shape index (κ3) is 2.64. The van der Waals surface area contributed by atoms with Crippen molar-refractivity contribution in [2.45, 2.75) is 70.0 Å². The summed E-state index contributed by atoms with van der Waals surface area (Å²) >= 11 is 0. The summed E-state index contributed by atoms with van der Waals surface area (Å²) in [4.78, 5) is 20.9. The maximum Gasteiger partial charge on any atom is 0.229 e. The van der Waals surface area contributed by atoms with Crippen LogP contribution in [0.15, 0.2) is 4.52 Å². The van der Waals surface area contributed by atoms with Gasteiger partial charge in [-0.25, -0.2) is 0 Å². The fourth-order valence-corrected chi connectivity index (χ4v) is 4.08. The normalized spacial score (nSPS) is 29.4. The molecule has 6 nitrogen and oxygen atoms in total. The molecule has 22 heavy (non-hydrogen) atoms. The summed E-state index contributed by atoms with van der Waals surface area (Å²) < 4.78 is 5.37. The number of carbonyl (C=O) groups is 1. The predicted octanol–water partition coefficient (Wildman–Crippen LogP) is 1.92. The predicted molar refractivity (Wildman–Crippen MR) is 80.1 cm³/mol. The second-order valence-corrected chi connectivity index (χ2v) is 6.93. The quantitative estimate of drug-likeness (QED) is 0.850. The highest BCUT2D eigenvalue weighted by Crippen LogP contribution is 2.39. The van der Waals surface area contributed by atoms with Gasteiger partial charge in [0.1, 0.15) is 0 Å². The molecule has 1 aliphatic carbocycles. The highest BCUT2D eigenvalue weighted by Gasteiger charge is 2.39. The third-order valence-electron chi connectivity index (χ3n) is 5.32. The highest BCUT2D eigenvalue weighted by molar-refractivity contribution is 5.74. The molecule has 4 rings (SSSR count). The van der Waals surface area contributed by atoms with Crippen LogP contribution in [0.2, 0.25) is 0 Å². The van der Waals surface area contributed by atoms with Crippen molar-refractivity contribution in [1.82, 2.24) is 19.9 Å². The molecule has 1 saturated carbocycles. The minimum absolute atomic E-state index is 0.213. The highest BCUT2D eigenvalue weighted by atomic mass is 16.5. The summed E-state index contributed by atoms with van der Waals surface area (Å²) in [5.74, 6) is 2.35. The van der Waals surface area contributed by atoms with Gasteiger partial charge in [-0.3, -0.25) is 9.69 Å². The van der Waals surface area contributed by atoms with E-state index in [1.807, 2.05) is 0 Å². The van der Waals surface area contributed by atoms with Gasteiger partial charge in [0.15, 0.2) is 5.82 Å². The van der Waals surface area contributed by atoms with E-state index >= 15 is 0 Å². The Morgan fingerprint density at radius 3 is 2.73 bits per heavy atom. The largest absolute Gasteiger partial charge is 0.339 e. The Hall–Kier alpha value is -1.43. The summed E-state index contributed by atoms with van der Waals surface area (Å²) in [5.41, 5.74) is 0. The molecule has 3 heterocycles. The van der Waals surface area contributed by atoms with E-state index in [4.69, 9.17) is 4.52 Å². The van der Waals surface area contributed by atoms with E-state index in [1.54, 1.807) is 6.92 Å². The van der Waals surface area contributed by atoms with E-state index in [9.17, 15) is 4.79 Å². The van der Waals surface area contributed by atoms with Crippen LogP contribution in [0.3, 0.4) is 0 Å². The minimum Gasteiger partial charge on any atom is -0.339 e. The van der Waals surface area contributed by atoms with Gasteiger partial charge in [-0.15, -0.1) is 0 Å². The first-order valence-corrected chi connectivity index (χ1v) is 8.56. The van der Waals surface area contributed by atoms with Crippen molar-refractivity contribution in [2.24, 2.45) is 0 Å². The van der Waals surface area contributed by atoms with Crippen LogP contribution in [0, 0.1) is 0 Å². The maximum absolute atomic E-state index is 11.8. The van der Waals surface area contributed by atoms with Gasteiger partial charge in [0.2, 0.25) is 11.8 Å². The minimum atomic E-state index is 0.213. The van der Waals surface area contributed by atoms with Crippen molar-refractivity contribution in [2.75, 3.05) is 13.1 Å². The molecule has 0 aromatic carbocycles. The number of rotatable bonds is 4. The standard InChI is InChI=1S/C16H24N4O2/c1-11(21)20-9-3-5-14(20)13-4-2-8-19(13)10-15-17-16(22-18-15)12-6-7-12/h12-14H,2-10H2,1H3/t13-,14-/m0/s1. The van der Waals surface area contributed by atoms with Gasteiger partial charge in [0.05, 0.1) is 6.54 Å². The van der Waals surface area contributed by atoms with E-state index in [1.165, 1.54) is 25.7 Å². The molecule has 0 spiro atoms. The second kappa shape index (κ2) is 5.65. The van der Waals surface area contributed by atoms with Crippen molar-refractivity contribution < 1.29 is 9.32 Å². The summed E-state index contributed by atoms with van der Waals surface area (Å²) in [6, 6.07) is 0.823. The average Bonchev–Trinajstić information content (AvgIpc) is 2.94. The first-order valence-electron chi connectivity index (χ1n) is 8.56. The van der Waals surface area contributed by atoms with Gasteiger partial charge >= 0.3 is 0 Å². The maximum atomic E-state index is 11.8. The number of carbonyl (C=O) groups excluding carboxylic acids is 1. The van der Waals surface area contributed by atoms with Crippen LogP contribution >= 0.6 is 0 Å². The first-order chi connectivity index (χ1) is 10.7. The van der Waals surface area contributed by atoms with Gasteiger partial charge in [0, 0.05) is 31.5 Å². The average molecular weight is 304 g/mol. The van der Waals surface area contributed by atoms with Crippen LogP contribution < -0.4 is 0 Å². The molecular formula is C16H24N4O2. The zero-order chi connectivity index (χ0) is 15.1.